The molecule has 0 saturated heterocycles. The van der Waals surface area contributed by atoms with Crippen molar-refractivity contribution in [1.29, 1.82) is 0 Å². The minimum Gasteiger partial charge on any atom is -0.459 e. The van der Waals surface area contributed by atoms with E-state index in [0.717, 1.165) is 25.0 Å². The zero-order valence-corrected chi connectivity index (χ0v) is 12.9. The second kappa shape index (κ2) is 7.43. The lowest BCUT2D eigenvalue weighted by molar-refractivity contribution is 0.116. The van der Waals surface area contributed by atoms with Crippen LogP contribution in [0.4, 0.5) is 0 Å². The van der Waals surface area contributed by atoms with Crippen LogP contribution in [0.15, 0.2) is 45.9 Å². The Kier molecular flexibility index (Phi) is 5.59. The van der Waals surface area contributed by atoms with Gasteiger partial charge in [0.25, 0.3) is 0 Å². The molecular formula is C18H24O3. The normalized spacial score (nSPS) is 18.9. The molecule has 0 saturated carbocycles. The number of aliphatic hydroxyl groups is 1. The van der Waals surface area contributed by atoms with Crippen LogP contribution in [0.1, 0.15) is 44.6 Å². The van der Waals surface area contributed by atoms with Gasteiger partial charge >= 0.3 is 0 Å². The lowest BCUT2D eigenvalue weighted by Gasteiger charge is -2.16. The van der Waals surface area contributed by atoms with Crippen LogP contribution < -0.4 is 0 Å². The molecule has 1 aromatic rings. The van der Waals surface area contributed by atoms with Crippen LogP contribution in [-0.4, -0.2) is 17.8 Å². The van der Waals surface area contributed by atoms with Crippen LogP contribution in [0, 0.1) is 0 Å². The maximum absolute atomic E-state index is 8.99. The van der Waals surface area contributed by atoms with Crippen molar-refractivity contribution in [3.8, 4) is 0 Å². The first-order valence-electron chi connectivity index (χ1n) is 7.50. The average Bonchev–Trinajstić information content (AvgIpc) is 3.12. The van der Waals surface area contributed by atoms with Crippen molar-refractivity contribution in [2.45, 2.75) is 45.8 Å². The van der Waals surface area contributed by atoms with Crippen LogP contribution >= 0.6 is 0 Å². The zero-order valence-electron chi connectivity index (χ0n) is 12.9. The highest BCUT2D eigenvalue weighted by molar-refractivity contribution is 5.47. The Balaban J connectivity index is 1.90. The zero-order chi connectivity index (χ0) is 15.2. The van der Waals surface area contributed by atoms with E-state index in [1.54, 1.807) is 6.07 Å². The summed E-state index contributed by atoms with van der Waals surface area (Å²) in [5.41, 5.74) is 3.69. The number of rotatable bonds is 7. The van der Waals surface area contributed by atoms with Gasteiger partial charge in [0.05, 0.1) is 12.7 Å². The summed E-state index contributed by atoms with van der Waals surface area (Å²) in [5.74, 6) is 1.38. The molecule has 0 aromatic carbocycles. The van der Waals surface area contributed by atoms with Gasteiger partial charge in [0.2, 0.25) is 0 Å². The molecule has 21 heavy (non-hydrogen) atoms. The molecule has 2 heterocycles. The molecular weight excluding hydrogens is 264 g/mol. The maximum atomic E-state index is 8.99. The first-order valence-corrected chi connectivity index (χ1v) is 7.50. The van der Waals surface area contributed by atoms with E-state index in [-0.39, 0.29) is 12.7 Å². The van der Waals surface area contributed by atoms with E-state index in [2.05, 4.69) is 26.5 Å². The third kappa shape index (κ3) is 4.19. The molecule has 0 amide bonds. The monoisotopic (exact) mass is 288 g/mol. The van der Waals surface area contributed by atoms with Crippen molar-refractivity contribution >= 4 is 6.08 Å². The Morgan fingerprint density at radius 2 is 2.29 bits per heavy atom. The van der Waals surface area contributed by atoms with Gasteiger partial charge in [-0.1, -0.05) is 25.2 Å². The van der Waals surface area contributed by atoms with Crippen molar-refractivity contribution in [2.24, 2.45) is 0 Å². The van der Waals surface area contributed by atoms with E-state index >= 15 is 0 Å². The van der Waals surface area contributed by atoms with Gasteiger partial charge in [0.15, 0.2) is 0 Å². The van der Waals surface area contributed by atoms with Crippen LogP contribution in [0.3, 0.4) is 0 Å². The molecule has 0 radical (unpaired) electrons. The van der Waals surface area contributed by atoms with Gasteiger partial charge in [-0.3, -0.25) is 0 Å². The summed E-state index contributed by atoms with van der Waals surface area (Å²) in [4.78, 5) is 0. The fourth-order valence-corrected chi connectivity index (χ4v) is 2.52. The molecule has 1 unspecified atom stereocenters. The van der Waals surface area contributed by atoms with Crippen molar-refractivity contribution in [3.05, 3.63) is 53.0 Å². The van der Waals surface area contributed by atoms with E-state index < -0.39 is 0 Å². The summed E-state index contributed by atoms with van der Waals surface area (Å²) in [5, 5.41) is 8.99. The van der Waals surface area contributed by atoms with E-state index in [1.807, 2.05) is 12.1 Å². The molecule has 0 aliphatic carbocycles. The molecule has 1 aliphatic heterocycles. The van der Waals surface area contributed by atoms with Crippen LogP contribution in [0.2, 0.25) is 0 Å². The van der Waals surface area contributed by atoms with Gasteiger partial charge in [-0.15, -0.1) is 0 Å². The molecule has 0 spiro atoms. The summed E-state index contributed by atoms with van der Waals surface area (Å²) < 4.78 is 11.2. The Morgan fingerprint density at radius 3 is 2.95 bits per heavy atom. The van der Waals surface area contributed by atoms with Gasteiger partial charge in [-0.25, -0.2) is 0 Å². The highest BCUT2D eigenvalue weighted by atomic mass is 16.5. The van der Waals surface area contributed by atoms with E-state index in [1.165, 1.54) is 16.7 Å². The quantitative estimate of drug-likeness (QED) is 0.815. The largest absolute Gasteiger partial charge is 0.459 e. The second-order valence-corrected chi connectivity index (χ2v) is 5.43. The topological polar surface area (TPSA) is 42.6 Å². The first kappa shape index (κ1) is 15.8. The minimum atomic E-state index is -0.0594. The predicted molar refractivity (Wildman–Crippen MR) is 84.8 cm³/mol. The lowest BCUT2D eigenvalue weighted by Crippen LogP contribution is -2.11. The Bertz CT molecular complexity index is 549. The fraction of sp³-hybridized carbons (Fsp3) is 0.444. The van der Waals surface area contributed by atoms with Crippen LogP contribution in [0.25, 0.3) is 6.08 Å². The maximum Gasteiger partial charge on any atom is 0.130 e. The molecule has 114 valence electrons. The molecule has 0 bridgehead atoms. The number of ether oxygens (including phenoxy) is 1. The van der Waals surface area contributed by atoms with Gasteiger partial charge in [-0.05, 0) is 55.5 Å². The molecule has 1 N–H and O–H groups in total. The fourth-order valence-electron chi connectivity index (χ4n) is 2.52. The van der Waals surface area contributed by atoms with Crippen molar-refractivity contribution in [1.82, 2.24) is 0 Å². The summed E-state index contributed by atoms with van der Waals surface area (Å²) in [6.07, 6.45) is 7.22. The number of aliphatic hydroxyl groups excluding tert-OH is 1. The number of allylic oxidation sites excluding steroid dienone is 1. The molecule has 3 heteroatoms. The molecule has 1 aliphatic rings. The predicted octanol–water partition coefficient (Wildman–Crippen LogP) is 4.25. The summed E-state index contributed by atoms with van der Waals surface area (Å²) in [6.45, 7) is 8.96. The van der Waals surface area contributed by atoms with Crippen molar-refractivity contribution in [3.63, 3.8) is 0 Å². The number of hydrogen-bond acceptors (Lipinski definition) is 3. The number of hydrogen-bond donors (Lipinski definition) is 1. The summed E-state index contributed by atoms with van der Waals surface area (Å²) >= 11 is 0. The Labute approximate surface area is 126 Å². The average molecular weight is 288 g/mol. The van der Waals surface area contributed by atoms with Crippen LogP contribution in [0.5, 0.6) is 0 Å². The van der Waals surface area contributed by atoms with Gasteiger partial charge in [-0.2, -0.15) is 0 Å². The standard InChI is InChI=1S/C18H24O3/c1-4-14(3)17-9-10-20-18(17)8-5-13(2)11-15-6-7-16(12-19)21-15/h6-7,9,11,18-19H,3-5,8,10,12H2,1-2H3/b13-11+. The van der Waals surface area contributed by atoms with Crippen molar-refractivity contribution < 1.29 is 14.3 Å². The third-order valence-electron chi connectivity index (χ3n) is 3.81. The SMILES string of the molecule is C=C(CC)C1=CCOC1CC/C(C)=C/c1ccc(CO)o1. The molecule has 3 nitrogen and oxygen atoms in total. The second-order valence-electron chi connectivity index (χ2n) is 5.43. The third-order valence-corrected chi connectivity index (χ3v) is 3.81. The summed E-state index contributed by atoms with van der Waals surface area (Å²) in [7, 11) is 0. The Hall–Kier alpha value is -1.58. The molecule has 1 atom stereocenters. The first-order chi connectivity index (χ1) is 10.1. The summed E-state index contributed by atoms with van der Waals surface area (Å²) in [6, 6.07) is 3.68. The van der Waals surface area contributed by atoms with Gasteiger partial charge in [0, 0.05) is 0 Å². The molecule has 1 aromatic heterocycles. The lowest BCUT2D eigenvalue weighted by atomic mass is 9.96. The van der Waals surface area contributed by atoms with Crippen LogP contribution in [-0.2, 0) is 11.3 Å². The van der Waals surface area contributed by atoms with Gasteiger partial charge in [0.1, 0.15) is 18.1 Å². The molecule has 0 fully saturated rings. The Morgan fingerprint density at radius 1 is 1.48 bits per heavy atom. The van der Waals surface area contributed by atoms with E-state index in [4.69, 9.17) is 14.3 Å². The van der Waals surface area contributed by atoms with Crippen molar-refractivity contribution in [2.75, 3.05) is 6.61 Å². The molecule has 2 rings (SSSR count). The minimum absolute atomic E-state index is 0.0594. The smallest absolute Gasteiger partial charge is 0.130 e. The van der Waals surface area contributed by atoms with E-state index in [9.17, 15) is 0 Å². The number of furan rings is 1. The van der Waals surface area contributed by atoms with Gasteiger partial charge < -0.3 is 14.3 Å². The van der Waals surface area contributed by atoms with E-state index in [0.29, 0.717) is 12.4 Å². The highest BCUT2D eigenvalue weighted by Gasteiger charge is 2.21. The highest BCUT2D eigenvalue weighted by Crippen LogP contribution is 2.27.